The van der Waals surface area contributed by atoms with E-state index in [2.05, 4.69) is 41.8 Å². The molecule has 4 rings (SSSR count). The van der Waals surface area contributed by atoms with E-state index in [4.69, 9.17) is 0 Å². The number of hydrazine groups is 1. The maximum Gasteiger partial charge on any atom is 0.262 e. The predicted octanol–water partition coefficient (Wildman–Crippen LogP) is 2.47. The van der Waals surface area contributed by atoms with Gasteiger partial charge in [-0.2, -0.15) is 0 Å². The Kier molecular flexibility index (Phi) is 6.19. The fourth-order valence-corrected chi connectivity index (χ4v) is 4.85. The smallest absolute Gasteiger partial charge is 0.262 e. The number of halogens is 1. The summed E-state index contributed by atoms with van der Waals surface area (Å²) in [6, 6.07) is 13.7. The van der Waals surface area contributed by atoms with E-state index in [1.807, 2.05) is 24.3 Å². The van der Waals surface area contributed by atoms with Crippen molar-refractivity contribution in [2.75, 3.05) is 11.9 Å². The first kappa shape index (κ1) is 21.0. The highest BCUT2D eigenvalue weighted by Gasteiger charge is 2.30. The van der Waals surface area contributed by atoms with Crippen LogP contribution in [0.4, 0.5) is 5.69 Å². The molecule has 0 radical (unpaired) electrons. The molecule has 0 aliphatic carbocycles. The highest BCUT2D eigenvalue weighted by Crippen LogP contribution is 2.25. The molecule has 0 spiro atoms. The van der Waals surface area contributed by atoms with Crippen LogP contribution in [0, 0.1) is 0 Å². The van der Waals surface area contributed by atoms with Gasteiger partial charge in [-0.25, -0.2) is 19.3 Å². The van der Waals surface area contributed by atoms with E-state index in [0.717, 1.165) is 16.5 Å². The van der Waals surface area contributed by atoms with Crippen LogP contribution in [0.1, 0.15) is 30.9 Å². The number of hydrogen-bond donors (Lipinski definition) is 4. The van der Waals surface area contributed by atoms with Crippen LogP contribution < -0.4 is 20.9 Å². The van der Waals surface area contributed by atoms with Gasteiger partial charge >= 0.3 is 0 Å². The second-order valence-corrected chi connectivity index (χ2v) is 9.83. The zero-order valence-corrected chi connectivity index (χ0v) is 18.5. The number of sulfonamides is 1. The van der Waals surface area contributed by atoms with Crippen LogP contribution in [0.3, 0.4) is 0 Å². The van der Waals surface area contributed by atoms with Crippen LogP contribution in [-0.4, -0.2) is 32.7 Å². The largest absolute Gasteiger partial charge is 0.325 e. The van der Waals surface area contributed by atoms with Crippen molar-refractivity contribution >= 4 is 43.4 Å². The molecule has 158 valence electrons. The van der Waals surface area contributed by atoms with Crippen LogP contribution in [0.25, 0.3) is 0 Å². The normalized spacial score (nSPS) is 21.3. The summed E-state index contributed by atoms with van der Waals surface area (Å²) >= 11 is 3.42. The first-order valence-electron chi connectivity index (χ1n) is 9.64. The second kappa shape index (κ2) is 8.84. The fraction of sp³-hybridized carbons (Fsp3) is 0.300. The number of nitrogens with one attached hydrogen (secondary N) is 4. The van der Waals surface area contributed by atoms with Crippen molar-refractivity contribution in [3.05, 3.63) is 58.6 Å². The van der Waals surface area contributed by atoms with E-state index >= 15 is 0 Å². The average Bonchev–Trinajstić information content (AvgIpc) is 3.41. The number of carbonyl (C=O) groups excluding carboxylic acids is 1. The number of nitrogens with zero attached hydrogens (tertiary/aromatic N) is 1. The minimum absolute atomic E-state index is 0.0111. The molecule has 10 heteroatoms. The van der Waals surface area contributed by atoms with Gasteiger partial charge in [0.2, 0.25) is 5.91 Å². The van der Waals surface area contributed by atoms with Crippen molar-refractivity contribution < 1.29 is 13.2 Å². The third-order valence-electron chi connectivity index (χ3n) is 5.03. The van der Waals surface area contributed by atoms with E-state index in [1.54, 1.807) is 12.1 Å². The molecule has 8 nitrogen and oxygen atoms in total. The second-order valence-electron chi connectivity index (χ2n) is 7.24. The molecule has 2 atom stereocenters. The lowest BCUT2D eigenvalue weighted by molar-refractivity contribution is -0.117. The Morgan fingerprint density at radius 3 is 2.67 bits per heavy atom. The number of aliphatic imine (C=N–C) groups is 1. The molecule has 2 aromatic rings. The Hall–Kier alpha value is -2.27. The monoisotopic (exact) mass is 491 g/mol. The Morgan fingerprint density at radius 1 is 1.13 bits per heavy atom. The maximum atomic E-state index is 12.7. The summed E-state index contributed by atoms with van der Waals surface area (Å²) in [5, 5.41) is 2.80. The molecule has 2 heterocycles. The summed E-state index contributed by atoms with van der Waals surface area (Å²) in [6.45, 7) is 0.637. The quantitative estimate of drug-likeness (QED) is 0.513. The van der Waals surface area contributed by atoms with Crippen molar-refractivity contribution in [1.82, 2.24) is 15.6 Å². The molecule has 1 fully saturated rings. The van der Waals surface area contributed by atoms with E-state index in [9.17, 15) is 13.2 Å². The molecule has 2 aliphatic rings. The fourth-order valence-electron chi connectivity index (χ4n) is 3.45. The van der Waals surface area contributed by atoms with Crippen molar-refractivity contribution in [1.29, 1.82) is 0 Å². The molecule has 0 saturated carbocycles. The summed E-state index contributed by atoms with van der Waals surface area (Å²) in [4.78, 5) is 16.9. The van der Waals surface area contributed by atoms with Crippen LogP contribution in [-0.2, 0) is 14.8 Å². The minimum atomic E-state index is -3.73. The van der Waals surface area contributed by atoms with Gasteiger partial charge in [0.25, 0.3) is 10.0 Å². The number of rotatable bonds is 5. The Bertz CT molecular complexity index is 1070. The number of benzene rings is 2. The zero-order chi connectivity index (χ0) is 21.1. The number of anilines is 1. The van der Waals surface area contributed by atoms with Gasteiger partial charge in [-0.15, -0.1) is 0 Å². The van der Waals surface area contributed by atoms with Gasteiger partial charge in [-0.1, -0.05) is 34.1 Å². The number of hydrogen-bond acceptors (Lipinski definition) is 6. The van der Waals surface area contributed by atoms with E-state index in [0.29, 0.717) is 30.9 Å². The molecule has 4 N–H and O–H groups in total. The first-order valence-corrected chi connectivity index (χ1v) is 11.9. The molecule has 2 unspecified atom stereocenters. The molecule has 2 aromatic carbocycles. The predicted molar refractivity (Wildman–Crippen MR) is 118 cm³/mol. The maximum absolute atomic E-state index is 12.7. The van der Waals surface area contributed by atoms with Crippen LogP contribution in [0.15, 0.2) is 62.9 Å². The molecule has 30 heavy (non-hydrogen) atoms. The van der Waals surface area contributed by atoms with Gasteiger partial charge in [-0.3, -0.25) is 14.5 Å². The third kappa shape index (κ3) is 4.89. The number of amidine groups is 1. The van der Waals surface area contributed by atoms with E-state index < -0.39 is 16.1 Å². The van der Waals surface area contributed by atoms with Gasteiger partial charge in [0.1, 0.15) is 11.9 Å². The number of amides is 1. The third-order valence-corrected chi connectivity index (χ3v) is 6.94. The zero-order valence-electron chi connectivity index (χ0n) is 16.1. The Morgan fingerprint density at radius 2 is 1.93 bits per heavy atom. The van der Waals surface area contributed by atoms with Crippen molar-refractivity contribution in [2.24, 2.45) is 4.99 Å². The average molecular weight is 492 g/mol. The van der Waals surface area contributed by atoms with E-state index in [-0.39, 0.29) is 16.8 Å². The Balaban J connectivity index is 1.40. The lowest BCUT2D eigenvalue weighted by Crippen LogP contribution is -2.39. The molecule has 0 bridgehead atoms. The highest BCUT2D eigenvalue weighted by atomic mass is 79.9. The van der Waals surface area contributed by atoms with Crippen molar-refractivity contribution in [3.63, 3.8) is 0 Å². The van der Waals surface area contributed by atoms with Crippen LogP contribution >= 0.6 is 15.9 Å². The van der Waals surface area contributed by atoms with Gasteiger partial charge in [-0.05, 0) is 48.7 Å². The first-order chi connectivity index (χ1) is 14.4. The minimum Gasteiger partial charge on any atom is -0.325 e. The topological polar surface area (TPSA) is 112 Å². The van der Waals surface area contributed by atoms with Gasteiger partial charge in [0, 0.05) is 29.2 Å². The lowest BCUT2D eigenvalue weighted by Gasteiger charge is -2.12. The van der Waals surface area contributed by atoms with Gasteiger partial charge < -0.3 is 5.32 Å². The summed E-state index contributed by atoms with van der Waals surface area (Å²) in [5.41, 5.74) is 7.65. The van der Waals surface area contributed by atoms with Crippen molar-refractivity contribution in [2.45, 2.75) is 36.2 Å². The molecular weight excluding hydrogens is 470 g/mol. The summed E-state index contributed by atoms with van der Waals surface area (Å²) in [5.74, 6) is 0.245. The standard InChI is InChI=1S/C20H22BrN5O3S/c21-14-8-6-13(7-9-14)17-12-18(25-24-17)20(27)23-15-3-1-4-16(11-15)30(28,29)26-19-5-2-10-22-19/h1,3-4,6-9,11,17-18,24-25H,2,5,10,12H2,(H,22,26)(H,23,27). The van der Waals surface area contributed by atoms with Gasteiger partial charge in [0.05, 0.1) is 4.90 Å². The summed E-state index contributed by atoms with van der Waals surface area (Å²) < 4.78 is 28.7. The Labute approximate surface area is 183 Å². The molecule has 0 aromatic heterocycles. The van der Waals surface area contributed by atoms with E-state index in [1.165, 1.54) is 12.1 Å². The molecular formula is C20H22BrN5O3S. The summed E-state index contributed by atoms with van der Waals surface area (Å²) in [6.07, 6.45) is 2.04. The molecule has 2 aliphatic heterocycles. The SMILES string of the molecule is O=C(Nc1cccc(S(=O)(=O)NC2=NCCC2)c1)C1CC(c2ccc(Br)cc2)NN1. The van der Waals surface area contributed by atoms with Crippen molar-refractivity contribution in [3.8, 4) is 0 Å². The molecule has 1 saturated heterocycles. The molecule has 1 amide bonds. The van der Waals surface area contributed by atoms with Gasteiger partial charge in [0.15, 0.2) is 0 Å². The number of carbonyl (C=O) groups is 1. The van der Waals surface area contributed by atoms with Crippen LogP contribution in [0.5, 0.6) is 0 Å². The van der Waals surface area contributed by atoms with Crippen LogP contribution in [0.2, 0.25) is 0 Å². The summed E-state index contributed by atoms with van der Waals surface area (Å²) in [7, 11) is -3.73. The highest BCUT2D eigenvalue weighted by molar-refractivity contribution is 9.10. The lowest BCUT2D eigenvalue weighted by atomic mass is 10.0.